The van der Waals surface area contributed by atoms with Gasteiger partial charge in [0.25, 0.3) is 0 Å². The van der Waals surface area contributed by atoms with Crippen molar-refractivity contribution >= 4 is 34.7 Å². The monoisotopic (exact) mass is 316 g/mol. The highest BCUT2D eigenvalue weighted by molar-refractivity contribution is 7.98. The molecular formula is C13H12N6S2. The normalized spacial score (nSPS) is 10.7. The highest BCUT2D eigenvalue weighted by Gasteiger charge is 2.16. The number of aromatic nitrogens is 4. The summed E-state index contributed by atoms with van der Waals surface area (Å²) < 4.78 is 0. The van der Waals surface area contributed by atoms with Gasteiger partial charge in [-0.05, 0) is 23.8 Å². The SMILES string of the molecule is CSc1nccc(-c2nc(N)c(N)nc2-c2cccs2)n1. The molecule has 0 spiro atoms. The Labute approximate surface area is 129 Å². The fraction of sp³-hybridized carbons (Fsp3) is 0.0769. The van der Waals surface area contributed by atoms with E-state index in [0.29, 0.717) is 22.2 Å². The third kappa shape index (κ3) is 2.67. The number of nitrogen functional groups attached to an aromatic ring is 2. The van der Waals surface area contributed by atoms with Crippen LogP contribution in [-0.4, -0.2) is 26.2 Å². The van der Waals surface area contributed by atoms with Crippen LogP contribution in [-0.2, 0) is 0 Å². The van der Waals surface area contributed by atoms with Crippen LogP contribution in [0, 0.1) is 0 Å². The zero-order chi connectivity index (χ0) is 14.8. The van der Waals surface area contributed by atoms with E-state index in [1.165, 1.54) is 11.8 Å². The van der Waals surface area contributed by atoms with Crippen molar-refractivity contribution in [1.29, 1.82) is 0 Å². The van der Waals surface area contributed by atoms with E-state index in [1.807, 2.05) is 23.8 Å². The van der Waals surface area contributed by atoms with Crippen molar-refractivity contribution in [2.75, 3.05) is 17.7 Å². The Morgan fingerprint density at radius 2 is 1.81 bits per heavy atom. The lowest BCUT2D eigenvalue weighted by Crippen LogP contribution is -2.05. The van der Waals surface area contributed by atoms with Crippen LogP contribution in [0.5, 0.6) is 0 Å². The molecule has 3 aromatic heterocycles. The first-order valence-corrected chi connectivity index (χ1v) is 8.13. The molecule has 4 N–H and O–H groups in total. The first-order valence-electron chi connectivity index (χ1n) is 6.03. The van der Waals surface area contributed by atoms with Crippen molar-refractivity contribution < 1.29 is 0 Å². The molecule has 8 heteroatoms. The maximum Gasteiger partial charge on any atom is 0.187 e. The molecule has 0 unspecified atom stereocenters. The van der Waals surface area contributed by atoms with Gasteiger partial charge in [-0.25, -0.2) is 19.9 Å². The first-order chi connectivity index (χ1) is 10.2. The number of rotatable bonds is 3. The summed E-state index contributed by atoms with van der Waals surface area (Å²) in [6.07, 6.45) is 3.61. The first kappa shape index (κ1) is 13.8. The quantitative estimate of drug-likeness (QED) is 0.565. The summed E-state index contributed by atoms with van der Waals surface area (Å²) in [6, 6.07) is 5.70. The molecule has 6 nitrogen and oxygen atoms in total. The summed E-state index contributed by atoms with van der Waals surface area (Å²) in [5.41, 5.74) is 13.6. The molecule has 0 saturated carbocycles. The van der Waals surface area contributed by atoms with E-state index in [9.17, 15) is 0 Å². The zero-order valence-corrected chi connectivity index (χ0v) is 12.8. The lowest BCUT2D eigenvalue weighted by atomic mass is 10.2. The van der Waals surface area contributed by atoms with Crippen molar-refractivity contribution in [3.05, 3.63) is 29.8 Å². The van der Waals surface area contributed by atoms with Gasteiger partial charge >= 0.3 is 0 Å². The van der Waals surface area contributed by atoms with Crippen molar-refractivity contribution in [2.24, 2.45) is 0 Å². The van der Waals surface area contributed by atoms with Crippen molar-refractivity contribution in [1.82, 2.24) is 19.9 Å². The van der Waals surface area contributed by atoms with Crippen LogP contribution in [0.15, 0.2) is 34.9 Å². The molecule has 0 amide bonds. The average Bonchev–Trinajstić information content (AvgIpc) is 3.04. The summed E-state index contributed by atoms with van der Waals surface area (Å²) in [6.45, 7) is 0. The largest absolute Gasteiger partial charge is 0.381 e. The average molecular weight is 316 g/mol. The lowest BCUT2D eigenvalue weighted by Gasteiger charge is -2.09. The number of thioether (sulfide) groups is 1. The Balaban J connectivity index is 2.23. The van der Waals surface area contributed by atoms with Gasteiger partial charge in [0, 0.05) is 6.20 Å². The molecular weight excluding hydrogens is 304 g/mol. The van der Waals surface area contributed by atoms with Crippen LogP contribution in [0.1, 0.15) is 0 Å². The summed E-state index contributed by atoms with van der Waals surface area (Å²) in [4.78, 5) is 18.3. The molecule has 3 aromatic rings. The molecule has 0 saturated heterocycles. The van der Waals surface area contributed by atoms with E-state index in [2.05, 4.69) is 19.9 Å². The molecule has 21 heavy (non-hydrogen) atoms. The van der Waals surface area contributed by atoms with Gasteiger partial charge in [-0.15, -0.1) is 11.3 Å². The Morgan fingerprint density at radius 1 is 1.05 bits per heavy atom. The summed E-state index contributed by atoms with van der Waals surface area (Å²) >= 11 is 3.03. The summed E-state index contributed by atoms with van der Waals surface area (Å²) in [5, 5.41) is 2.64. The van der Waals surface area contributed by atoms with Crippen LogP contribution < -0.4 is 11.5 Å². The number of hydrogen-bond donors (Lipinski definition) is 2. The highest BCUT2D eigenvalue weighted by atomic mass is 32.2. The highest BCUT2D eigenvalue weighted by Crippen LogP contribution is 2.33. The minimum atomic E-state index is 0.203. The molecule has 3 rings (SSSR count). The third-order valence-electron chi connectivity index (χ3n) is 2.76. The second kappa shape index (κ2) is 5.66. The van der Waals surface area contributed by atoms with E-state index < -0.39 is 0 Å². The van der Waals surface area contributed by atoms with Crippen LogP contribution in [0.4, 0.5) is 11.6 Å². The third-order valence-corrected chi connectivity index (χ3v) is 4.20. The standard InChI is InChI=1S/C13H12N6S2/c1-20-13-16-5-4-7(17-13)9-10(8-3-2-6-21-8)19-12(15)11(14)18-9/h2-6H,1H3,(H2,14,18)(H2,15,19). The van der Waals surface area contributed by atoms with Gasteiger partial charge in [0.15, 0.2) is 16.8 Å². The summed E-state index contributed by atoms with van der Waals surface area (Å²) in [7, 11) is 0. The van der Waals surface area contributed by atoms with Gasteiger partial charge in [0.2, 0.25) is 0 Å². The van der Waals surface area contributed by atoms with E-state index in [0.717, 1.165) is 4.88 Å². The minimum absolute atomic E-state index is 0.203. The number of hydrogen-bond acceptors (Lipinski definition) is 8. The van der Waals surface area contributed by atoms with Gasteiger partial charge in [0.05, 0.1) is 10.6 Å². The Morgan fingerprint density at radius 3 is 2.48 bits per heavy atom. The van der Waals surface area contributed by atoms with E-state index in [4.69, 9.17) is 11.5 Å². The smallest absolute Gasteiger partial charge is 0.187 e. The molecule has 3 heterocycles. The number of anilines is 2. The van der Waals surface area contributed by atoms with Crippen LogP contribution in [0.2, 0.25) is 0 Å². The fourth-order valence-corrected chi connectivity index (χ4v) is 2.87. The minimum Gasteiger partial charge on any atom is -0.381 e. The molecule has 0 atom stereocenters. The van der Waals surface area contributed by atoms with Crippen molar-refractivity contribution in [3.8, 4) is 22.0 Å². The number of thiophene rings is 1. The van der Waals surface area contributed by atoms with E-state index in [-0.39, 0.29) is 11.6 Å². The van der Waals surface area contributed by atoms with Crippen LogP contribution in [0.3, 0.4) is 0 Å². The molecule has 0 aliphatic carbocycles. The second-order valence-corrected chi connectivity index (χ2v) is 5.82. The van der Waals surface area contributed by atoms with Crippen LogP contribution in [0.25, 0.3) is 22.0 Å². The Kier molecular flexibility index (Phi) is 3.72. The van der Waals surface area contributed by atoms with Gasteiger partial charge in [0.1, 0.15) is 11.4 Å². The number of nitrogens with two attached hydrogens (primary N) is 2. The Hall–Kier alpha value is -2.19. The van der Waals surface area contributed by atoms with Gasteiger partial charge in [-0.1, -0.05) is 17.8 Å². The van der Waals surface area contributed by atoms with Gasteiger partial charge < -0.3 is 11.5 Å². The van der Waals surface area contributed by atoms with Crippen molar-refractivity contribution in [3.63, 3.8) is 0 Å². The van der Waals surface area contributed by atoms with Gasteiger partial charge in [-0.2, -0.15) is 0 Å². The molecule has 106 valence electrons. The predicted octanol–water partition coefficient (Wildman–Crippen LogP) is 2.55. The van der Waals surface area contributed by atoms with Crippen LogP contribution >= 0.6 is 23.1 Å². The number of nitrogens with zero attached hydrogens (tertiary/aromatic N) is 4. The van der Waals surface area contributed by atoms with E-state index in [1.54, 1.807) is 23.6 Å². The Bertz CT molecular complexity index is 772. The van der Waals surface area contributed by atoms with E-state index >= 15 is 0 Å². The molecule has 0 aliphatic rings. The maximum atomic E-state index is 5.81. The molecule has 0 fully saturated rings. The molecule has 0 bridgehead atoms. The van der Waals surface area contributed by atoms with Gasteiger partial charge in [-0.3, -0.25) is 0 Å². The fourth-order valence-electron chi connectivity index (χ4n) is 1.80. The maximum absolute atomic E-state index is 5.81. The molecule has 0 aliphatic heterocycles. The lowest BCUT2D eigenvalue weighted by molar-refractivity contribution is 0.970. The topological polar surface area (TPSA) is 104 Å². The molecule has 0 aromatic carbocycles. The zero-order valence-electron chi connectivity index (χ0n) is 11.1. The van der Waals surface area contributed by atoms with Crippen molar-refractivity contribution in [2.45, 2.75) is 5.16 Å². The second-order valence-electron chi connectivity index (χ2n) is 4.10. The summed E-state index contributed by atoms with van der Waals surface area (Å²) in [5.74, 6) is 0.427. The molecule has 0 radical (unpaired) electrons. The predicted molar refractivity (Wildman–Crippen MR) is 87.0 cm³/mol.